The Morgan fingerprint density at radius 3 is 2.70 bits per heavy atom. The first-order valence-corrected chi connectivity index (χ1v) is 14.5. The summed E-state index contributed by atoms with van der Waals surface area (Å²) in [5.41, 5.74) is 1.71. The fraction of sp³-hybridized carbons (Fsp3) is 0.290. The van der Waals surface area contributed by atoms with E-state index in [1.54, 1.807) is 24.3 Å². The number of carboxylic acids is 1. The molecule has 10 nitrogen and oxygen atoms in total. The lowest BCUT2D eigenvalue weighted by atomic mass is 10.1. The average Bonchev–Trinajstić information content (AvgIpc) is 3.53. The standard InChI is InChI=1S/C31H26ClF2N5O5/c32-18-2-1-17(22(33)12-18)11-28-37-29-23(34)13-21(14-26(29)44-28)43-19-5-8-38(9-6-19)16-27-35-24-3-4-25(31(40)41)36-30(24)39(27)15-20-7-10-42-20/h1-5,12-14,20H,6-11,15-16H2,(H,40,41). The van der Waals surface area contributed by atoms with Gasteiger partial charge in [-0.15, -0.1) is 0 Å². The molecule has 226 valence electrons. The molecule has 1 fully saturated rings. The summed E-state index contributed by atoms with van der Waals surface area (Å²) in [4.78, 5) is 27.0. The third kappa shape index (κ3) is 5.75. The smallest absolute Gasteiger partial charge is 0.354 e. The van der Waals surface area contributed by atoms with E-state index in [4.69, 9.17) is 30.5 Å². The van der Waals surface area contributed by atoms with Crippen LogP contribution in [0.2, 0.25) is 5.02 Å². The number of nitrogens with zero attached hydrogens (tertiary/aromatic N) is 5. The zero-order valence-corrected chi connectivity index (χ0v) is 24.1. The van der Waals surface area contributed by atoms with Crippen molar-refractivity contribution in [2.45, 2.75) is 38.5 Å². The minimum absolute atomic E-state index is 0.0333. The van der Waals surface area contributed by atoms with Crippen LogP contribution < -0.4 is 4.74 Å². The molecule has 13 heteroatoms. The van der Waals surface area contributed by atoms with Crippen molar-refractivity contribution in [3.05, 3.63) is 93.9 Å². The van der Waals surface area contributed by atoms with E-state index in [9.17, 15) is 18.7 Å². The number of ether oxygens (including phenoxy) is 2. The minimum atomic E-state index is -1.09. The fourth-order valence-electron chi connectivity index (χ4n) is 5.37. The number of aromatic nitrogens is 4. The molecule has 1 N–H and O–H groups in total. The SMILES string of the molecule is O=C(O)c1ccc2nc(CN3CC=C(Oc4cc(F)c5nc(Cc6ccc(Cl)cc6F)oc5c4)CC3)n(CC3CCO3)c2n1. The first-order chi connectivity index (χ1) is 21.3. The van der Waals surface area contributed by atoms with Gasteiger partial charge >= 0.3 is 5.97 Å². The van der Waals surface area contributed by atoms with Crippen LogP contribution >= 0.6 is 11.6 Å². The van der Waals surface area contributed by atoms with Gasteiger partial charge in [0.1, 0.15) is 34.2 Å². The van der Waals surface area contributed by atoms with Crippen LogP contribution in [0.5, 0.6) is 5.75 Å². The molecule has 0 bridgehead atoms. The van der Waals surface area contributed by atoms with E-state index in [-0.39, 0.29) is 46.0 Å². The number of halogens is 3. The normalized spacial score (nSPS) is 17.2. The van der Waals surface area contributed by atoms with E-state index < -0.39 is 17.6 Å². The highest BCUT2D eigenvalue weighted by Gasteiger charge is 2.25. The number of aromatic carboxylic acids is 1. The quantitative estimate of drug-likeness (QED) is 0.220. The number of carbonyl (C=O) groups is 1. The highest BCUT2D eigenvalue weighted by atomic mass is 35.5. The van der Waals surface area contributed by atoms with Crippen LogP contribution in [0.3, 0.4) is 0 Å². The van der Waals surface area contributed by atoms with Gasteiger partial charge in [0.2, 0.25) is 0 Å². The molecule has 2 aliphatic heterocycles. The van der Waals surface area contributed by atoms with Gasteiger partial charge in [0.15, 0.2) is 28.6 Å². The minimum Gasteiger partial charge on any atom is -0.477 e. The second-order valence-electron chi connectivity index (χ2n) is 10.8. The first kappa shape index (κ1) is 28.4. The van der Waals surface area contributed by atoms with Crippen LogP contribution in [0.25, 0.3) is 22.3 Å². The second-order valence-corrected chi connectivity index (χ2v) is 11.2. The largest absolute Gasteiger partial charge is 0.477 e. The summed E-state index contributed by atoms with van der Waals surface area (Å²) in [5, 5.41) is 9.71. The van der Waals surface area contributed by atoms with Crippen LogP contribution in [-0.2, 0) is 24.2 Å². The third-order valence-corrected chi connectivity index (χ3v) is 7.99. The molecule has 1 unspecified atom stereocenters. The molecule has 44 heavy (non-hydrogen) atoms. The maximum atomic E-state index is 14.9. The van der Waals surface area contributed by atoms with Crippen molar-refractivity contribution in [1.29, 1.82) is 0 Å². The van der Waals surface area contributed by atoms with Crippen LogP contribution in [-0.4, -0.2) is 61.3 Å². The summed E-state index contributed by atoms with van der Waals surface area (Å²) in [5.74, 6) is -0.271. The van der Waals surface area contributed by atoms with Gasteiger partial charge in [-0.25, -0.2) is 28.5 Å². The number of rotatable bonds is 9. The lowest BCUT2D eigenvalue weighted by Gasteiger charge is -2.29. The molecule has 2 aromatic carbocycles. The lowest BCUT2D eigenvalue weighted by Crippen LogP contribution is -2.34. The van der Waals surface area contributed by atoms with E-state index >= 15 is 0 Å². The van der Waals surface area contributed by atoms with Crippen molar-refractivity contribution in [1.82, 2.24) is 24.4 Å². The number of imidazole rings is 1. The van der Waals surface area contributed by atoms with Crippen molar-refractivity contribution in [2.24, 2.45) is 0 Å². The van der Waals surface area contributed by atoms with Crippen LogP contribution in [0, 0.1) is 11.6 Å². The number of pyridine rings is 1. The second kappa shape index (κ2) is 11.6. The molecule has 0 saturated carbocycles. The monoisotopic (exact) mass is 621 g/mol. The molecule has 0 amide bonds. The van der Waals surface area contributed by atoms with Gasteiger partial charge in [0, 0.05) is 43.3 Å². The predicted molar refractivity (Wildman–Crippen MR) is 156 cm³/mol. The average molecular weight is 622 g/mol. The highest BCUT2D eigenvalue weighted by molar-refractivity contribution is 6.30. The topological polar surface area (TPSA) is 116 Å². The Hall–Kier alpha value is -4.39. The Labute approximate surface area is 254 Å². The summed E-state index contributed by atoms with van der Waals surface area (Å²) >= 11 is 5.83. The van der Waals surface area contributed by atoms with E-state index in [0.29, 0.717) is 61.7 Å². The highest BCUT2D eigenvalue weighted by Crippen LogP contribution is 2.29. The summed E-state index contributed by atoms with van der Waals surface area (Å²) in [6.07, 6.45) is 3.52. The van der Waals surface area contributed by atoms with Gasteiger partial charge in [0.05, 0.1) is 25.6 Å². The predicted octanol–water partition coefficient (Wildman–Crippen LogP) is 5.75. The van der Waals surface area contributed by atoms with Gasteiger partial charge in [-0.2, -0.15) is 0 Å². The Morgan fingerprint density at radius 1 is 1.11 bits per heavy atom. The summed E-state index contributed by atoms with van der Waals surface area (Å²) in [6, 6.07) is 10.3. The van der Waals surface area contributed by atoms with E-state index in [1.165, 1.54) is 18.2 Å². The van der Waals surface area contributed by atoms with E-state index in [2.05, 4.69) is 14.9 Å². The number of hydrogen-bond donors (Lipinski definition) is 1. The number of carboxylic acid groups (broad SMARTS) is 1. The van der Waals surface area contributed by atoms with Crippen LogP contribution in [0.1, 0.15) is 40.6 Å². The van der Waals surface area contributed by atoms with Crippen LogP contribution in [0.4, 0.5) is 8.78 Å². The van der Waals surface area contributed by atoms with Crippen molar-refractivity contribution in [3.8, 4) is 5.75 Å². The zero-order chi connectivity index (χ0) is 30.4. The van der Waals surface area contributed by atoms with Gasteiger partial charge in [-0.3, -0.25) is 4.90 Å². The van der Waals surface area contributed by atoms with Crippen molar-refractivity contribution >= 4 is 39.8 Å². The molecule has 5 heterocycles. The Balaban J connectivity index is 1.05. The molecule has 1 saturated heterocycles. The van der Waals surface area contributed by atoms with Gasteiger partial charge < -0.3 is 23.6 Å². The molecular formula is C31H26ClF2N5O5. The molecular weight excluding hydrogens is 596 g/mol. The number of benzene rings is 2. The van der Waals surface area contributed by atoms with Crippen molar-refractivity contribution in [2.75, 3.05) is 19.7 Å². The van der Waals surface area contributed by atoms with E-state index in [1.807, 2.05) is 10.6 Å². The number of oxazole rings is 1. The Morgan fingerprint density at radius 2 is 1.98 bits per heavy atom. The zero-order valence-electron chi connectivity index (χ0n) is 23.3. The van der Waals surface area contributed by atoms with E-state index in [0.717, 1.165) is 12.2 Å². The van der Waals surface area contributed by atoms with Gasteiger partial charge in [0.25, 0.3) is 0 Å². The molecule has 7 rings (SSSR count). The first-order valence-electron chi connectivity index (χ1n) is 14.1. The van der Waals surface area contributed by atoms with Crippen LogP contribution in [0.15, 0.2) is 58.7 Å². The molecule has 5 aromatic rings. The molecule has 1 atom stereocenters. The van der Waals surface area contributed by atoms with Crippen molar-refractivity contribution in [3.63, 3.8) is 0 Å². The third-order valence-electron chi connectivity index (χ3n) is 7.76. The molecule has 0 aliphatic carbocycles. The maximum Gasteiger partial charge on any atom is 0.354 e. The Kier molecular flexibility index (Phi) is 7.48. The van der Waals surface area contributed by atoms with Gasteiger partial charge in [-0.1, -0.05) is 17.7 Å². The summed E-state index contributed by atoms with van der Waals surface area (Å²) in [7, 11) is 0. The van der Waals surface area contributed by atoms with Crippen molar-refractivity contribution < 1.29 is 32.6 Å². The molecule has 0 radical (unpaired) electrons. The molecule has 0 spiro atoms. The summed E-state index contributed by atoms with van der Waals surface area (Å²) in [6.45, 7) is 3.00. The molecule has 3 aromatic heterocycles. The lowest BCUT2D eigenvalue weighted by molar-refractivity contribution is -0.0592. The number of fused-ring (bicyclic) bond motifs is 2. The fourth-order valence-corrected chi connectivity index (χ4v) is 5.52. The maximum absolute atomic E-state index is 14.9. The summed E-state index contributed by atoms with van der Waals surface area (Å²) < 4.78 is 48.5. The van der Waals surface area contributed by atoms with Gasteiger partial charge in [-0.05, 0) is 42.3 Å². The molecule has 2 aliphatic rings. The number of hydrogen-bond acceptors (Lipinski definition) is 8. The Bertz CT molecular complexity index is 1940.